The number of nitro benzene ring substituents is 1. The number of hydrogen-bond donors (Lipinski definition) is 0. The third-order valence-corrected chi connectivity index (χ3v) is 4.93. The molecule has 1 aromatic heterocycles. The SMILES string of the molecule is CC(C)c1cc(OS(=O)(=O)C(C)C)n(-c2ccc([N+](=O)[O-])cc2)n1. The lowest BCUT2D eigenvalue weighted by Crippen LogP contribution is -2.21. The second-order valence-electron chi connectivity index (χ2n) is 5.87. The van der Waals surface area contributed by atoms with E-state index in [0.29, 0.717) is 11.4 Å². The van der Waals surface area contributed by atoms with Crippen LogP contribution < -0.4 is 4.18 Å². The standard InChI is InChI=1S/C15H19N3O5S/c1-10(2)14-9-15(23-24(21,22)11(3)4)17(16-14)12-5-7-13(8-6-12)18(19)20/h5-11H,1-4H3. The first-order valence-corrected chi connectivity index (χ1v) is 8.87. The van der Waals surface area contributed by atoms with E-state index in [1.807, 2.05) is 13.8 Å². The van der Waals surface area contributed by atoms with Crippen LogP contribution in [0.25, 0.3) is 5.69 Å². The van der Waals surface area contributed by atoms with Gasteiger partial charge in [0.1, 0.15) is 0 Å². The summed E-state index contributed by atoms with van der Waals surface area (Å²) >= 11 is 0. The van der Waals surface area contributed by atoms with Crippen LogP contribution in [0.15, 0.2) is 30.3 Å². The van der Waals surface area contributed by atoms with Crippen molar-refractivity contribution in [3.8, 4) is 11.6 Å². The number of hydrogen-bond acceptors (Lipinski definition) is 6. The highest BCUT2D eigenvalue weighted by atomic mass is 32.2. The van der Waals surface area contributed by atoms with E-state index in [1.54, 1.807) is 6.07 Å². The maximum absolute atomic E-state index is 12.1. The minimum absolute atomic E-state index is 0.0567. The molecule has 0 radical (unpaired) electrons. The van der Waals surface area contributed by atoms with Crippen LogP contribution >= 0.6 is 0 Å². The van der Waals surface area contributed by atoms with Gasteiger partial charge >= 0.3 is 10.1 Å². The smallest absolute Gasteiger partial charge is 0.313 e. The highest BCUT2D eigenvalue weighted by molar-refractivity contribution is 7.87. The van der Waals surface area contributed by atoms with Gasteiger partial charge in [-0.15, -0.1) is 0 Å². The summed E-state index contributed by atoms with van der Waals surface area (Å²) in [4.78, 5) is 10.2. The normalized spacial score (nSPS) is 11.9. The van der Waals surface area contributed by atoms with E-state index in [0.717, 1.165) is 0 Å². The molecule has 0 spiro atoms. The Bertz CT molecular complexity index is 838. The Morgan fingerprint density at radius 2 is 1.75 bits per heavy atom. The first-order chi connectivity index (χ1) is 11.1. The van der Waals surface area contributed by atoms with Crippen molar-refractivity contribution in [2.45, 2.75) is 38.9 Å². The van der Waals surface area contributed by atoms with Gasteiger partial charge in [-0.25, -0.2) is 0 Å². The molecular formula is C15H19N3O5S. The van der Waals surface area contributed by atoms with Crippen molar-refractivity contribution in [1.29, 1.82) is 0 Å². The van der Waals surface area contributed by atoms with Crippen LogP contribution in [0.1, 0.15) is 39.3 Å². The van der Waals surface area contributed by atoms with Gasteiger partial charge in [0, 0.05) is 18.2 Å². The van der Waals surface area contributed by atoms with Crippen molar-refractivity contribution < 1.29 is 17.5 Å². The van der Waals surface area contributed by atoms with E-state index < -0.39 is 20.3 Å². The molecule has 0 unspecified atom stereocenters. The fourth-order valence-electron chi connectivity index (χ4n) is 1.84. The molecule has 0 aliphatic carbocycles. The van der Waals surface area contributed by atoms with E-state index in [2.05, 4.69) is 5.10 Å². The van der Waals surface area contributed by atoms with E-state index >= 15 is 0 Å². The van der Waals surface area contributed by atoms with Crippen LogP contribution in [-0.2, 0) is 10.1 Å². The van der Waals surface area contributed by atoms with Crippen molar-refractivity contribution >= 4 is 15.8 Å². The Hall–Kier alpha value is -2.42. The molecule has 2 aromatic rings. The molecule has 0 amide bonds. The zero-order valence-corrected chi connectivity index (χ0v) is 14.6. The van der Waals surface area contributed by atoms with Crippen molar-refractivity contribution in [2.75, 3.05) is 0 Å². The summed E-state index contributed by atoms with van der Waals surface area (Å²) in [6.45, 7) is 6.88. The van der Waals surface area contributed by atoms with Gasteiger partial charge in [0.05, 0.1) is 21.6 Å². The van der Waals surface area contributed by atoms with E-state index in [1.165, 1.54) is 42.8 Å². The summed E-state index contributed by atoms with van der Waals surface area (Å²) in [6, 6.07) is 7.19. The first-order valence-electron chi connectivity index (χ1n) is 7.40. The molecule has 0 atom stereocenters. The van der Waals surface area contributed by atoms with Gasteiger partial charge in [0.25, 0.3) is 5.69 Å². The minimum Gasteiger partial charge on any atom is -0.361 e. The molecule has 0 bridgehead atoms. The molecule has 0 fully saturated rings. The lowest BCUT2D eigenvalue weighted by Gasteiger charge is -2.11. The monoisotopic (exact) mass is 353 g/mol. The summed E-state index contributed by atoms with van der Waals surface area (Å²) in [5.41, 5.74) is 1.07. The number of aromatic nitrogens is 2. The third kappa shape index (κ3) is 3.73. The van der Waals surface area contributed by atoms with E-state index in [-0.39, 0.29) is 17.5 Å². The van der Waals surface area contributed by atoms with Crippen LogP contribution in [0.5, 0.6) is 5.88 Å². The van der Waals surface area contributed by atoms with Gasteiger partial charge in [-0.2, -0.15) is 18.2 Å². The maximum Gasteiger partial charge on any atom is 0.313 e. The fourth-order valence-corrected chi connectivity index (χ4v) is 2.39. The van der Waals surface area contributed by atoms with E-state index in [9.17, 15) is 18.5 Å². The molecule has 24 heavy (non-hydrogen) atoms. The Labute approximate surface area is 140 Å². The summed E-state index contributed by atoms with van der Waals surface area (Å²) in [6.07, 6.45) is 0. The van der Waals surface area contributed by atoms with Gasteiger partial charge in [-0.1, -0.05) is 13.8 Å². The average molecular weight is 353 g/mol. The van der Waals surface area contributed by atoms with E-state index in [4.69, 9.17) is 4.18 Å². The zero-order chi connectivity index (χ0) is 18.1. The molecule has 0 aliphatic rings. The molecule has 130 valence electrons. The maximum atomic E-state index is 12.1. The predicted octanol–water partition coefficient (Wildman–Crippen LogP) is 3.02. The first kappa shape index (κ1) is 17.9. The highest BCUT2D eigenvalue weighted by Crippen LogP contribution is 2.26. The number of nitrogens with zero attached hydrogens (tertiary/aromatic N) is 3. The van der Waals surface area contributed by atoms with Gasteiger partial charge in [0.2, 0.25) is 5.88 Å². The number of nitro groups is 1. The molecule has 1 aromatic carbocycles. The number of benzene rings is 1. The second kappa shape index (κ2) is 6.60. The molecule has 1 heterocycles. The van der Waals surface area contributed by atoms with Gasteiger partial charge < -0.3 is 4.18 Å². The second-order valence-corrected chi connectivity index (χ2v) is 7.97. The highest BCUT2D eigenvalue weighted by Gasteiger charge is 2.23. The van der Waals surface area contributed by atoms with Crippen molar-refractivity contribution in [3.63, 3.8) is 0 Å². The van der Waals surface area contributed by atoms with Crippen LogP contribution in [0, 0.1) is 10.1 Å². The fraction of sp³-hybridized carbons (Fsp3) is 0.400. The molecular weight excluding hydrogens is 334 g/mol. The predicted molar refractivity (Wildman–Crippen MR) is 89.0 cm³/mol. The van der Waals surface area contributed by atoms with Gasteiger partial charge in [0.15, 0.2) is 0 Å². The number of non-ortho nitro benzene ring substituents is 1. The lowest BCUT2D eigenvalue weighted by molar-refractivity contribution is -0.384. The molecule has 0 N–H and O–H groups in total. The summed E-state index contributed by atoms with van der Waals surface area (Å²) in [5, 5.41) is 14.4. The van der Waals surface area contributed by atoms with Crippen LogP contribution in [-0.4, -0.2) is 28.4 Å². The summed E-state index contributed by atoms with van der Waals surface area (Å²) in [5.74, 6) is 0.120. The molecule has 0 saturated heterocycles. The average Bonchev–Trinajstić information content (AvgIpc) is 2.90. The van der Waals surface area contributed by atoms with Crippen LogP contribution in [0.3, 0.4) is 0 Å². The molecule has 9 heteroatoms. The summed E-state index contributed by atoms with van der Waals surface area (Å²) in [7, 11) is -3.78. The zero-order valence-electron chi connectivity index (χ0n) is 13.8. The minimum atomic E-state index is -3.78. The third-order valence-electron chi connectivity index (χ3n) is 3.37. The Balaban J connectivity index is 2.50. The topological polar surface area (TPSA) is 104 Å². The van der Waals surface area contributed by atoms with Gasteiger partial charge in [-0.05, 0) is 31.9 Å². The largest absolute Gasteiger partial charge is 0.361 e. The van der Waals surface area contributed by atoms with Gasteiger partial charge in [-0.3, -0.25) is 10.1 Å². The molecule has 0 saturated carbocycles. The Morgan fingerprint density at radius 3 is 2.21 bits per heavy atom. The number of rotatable bonds is 6. The quantitative estimate of drug-likeness (QED) is 0.449. The van der Waals surface area contributed by atoms with Crippen molar-refractivity contribution in [2.24, 2.45) is 0 Å². The summed E-state index contributed by atoms with van der Waals surface area (Å²) < 4.78 is 30.6. The Kier molecular flexibility index (Phi) is 4.93. The Morgan fingerprint density at radius 1 is 1.17 bits per heavy atom. The molecule has 2 rings (SSSR count). The molecule has 0 aliphatic heterocycles. The van der Waals surface area contributed by atoms with Crippen molar-refractivity contribution in [1.82, 2.24) is 9.78 Å². The van der Waals surface area contributed by atoms with Crippen molar-refractivity contribution in [3.05, 3.63) is 46.1 Å². The lowest BCUT2D eigenvalue weighted by atomic mass is 10.1. The van der Waals surface area contributed by atoms with Crippen LogP contribution in [0.4, 0.5) is 5.69 Å². The molecule has 8 nitrogen and oxygen atoms in total. The van der Waals surface area contributed by atoms with Crippen LogP contribution in [0.2, 0.25) is 0 Å².